The Kier molecular flexibility index (Phi) is 3.30. The standard InChI is InChI=1S/C14H14O2/c15-10-12-7-5-11(6-8-12)9-13-3-1-2-4-14(13)16/h5-10H,1-4H2. The molecule has 16 heavy (non-hydrogen) atoms. The molecular formula is C14H14O2. The second-order valence-corrected chi connectivity index (χ2v) is 4.08. The van der Waals surface area contributed by atoms with Gasteiger partial charge in [-0.1, -0.05) is 24.3 Å². The van der Waals surface area contributed by atoms with Crippen LogP contribution in [0.4, 0.5) is 0 Å². The highest BCUT2D eigenvalue weighted by Crippen LogP contribution is 2.22. The van der Waals surface area contributed by atoms with Gasteiger partial charge in [0.2, 0.25) is 0 Å². The average Bonchev–Trinajstić information content (AvgIpc) is 2.33. The summed E-state index contributed by atoms with van der Waals surface area (Å²) >= 11 is 0. The summed E-state index contributed by atoms with van der Waals surface area (Å²) in [5.41, 5.74) is 2.58. The van der Waals surface area contributed by atoms with Gasteiger partial charge in [-0.3, -0.25) is 9.59 Å². The van der Waals surface area contributed by atoms with Gasteiger partial charge in [0.15, 0.2) is 5.78 Å². The molecule has 1 aliphatic rings. The fourth-order valence-corrected chi connectivity index (χ4v) is 1.93. The van der Waals surface area contributed by atoms with Gasteiger partial charge in [-0.05, 0) is 36.5 Å². The Morgan fingerprint density at radius 2 is 1.56 bits per heavy atom. The fourth-order valence-electron chi connectivity index (χ4n) is 1.93. The third-order valence-electron chi connectivity index (χ3n) is 2.87. The number of carbonyl (C=O) groups is 2. The lowest BCUT2D eigenvalue weighted by molar-refractivity contribution is -0.116. The van der Waals surface area contributed by atoms with Crippen LogP contribution < -0.4 is 0 Å². The van der Waals surface area contributed by atoms with Gasteiger partial charge < -0.3 is 0 Å². The van der Waals surface area contributed by atoms with Crippen molar-refractivity contribution in [2.24, 2.45) is 0 Å². The molecule has 82 valence electrons. The summed E-state index contributed by atoms with van der Waals surface area (Å²) in [4.78, 5) is 22.1. The van der Waals surface area contributed by atoms with Crippen molar-refractivity contribution in [3.63, 3.8) is 0 Å². The molecule has 0 saturated heterocycles. The van der Waals surface area contributed by atoms with Gasteiger partial charge >= 0.3 is 0 Å². The highest BCUT2D eigenvalue weighted by Gasteiger charge is 2.14. The highest BCUT2D eigenvalue weighted by atomic mass is 16.1. The smallest absolute Gasteiger partial charge is 0.158 e. The van der Waals surface area contributed by atoms with E-state index in [0.29, 0.717) is 12.0 Å². The second kappa shape index (κ2) is 4.88. The lowest BCUT2D eigenvalue weighted by atomic mass is 9.92. The van der Waals surface area contributed by atoms with E-state index in [1.807, 2.05) is 18.2 Å². The van der Waals surface area contributed by atoms with E-state index in [-0.39, 0.29) is 5.78 Å². The van der Waals surface area contributed by atoms with Crippen LogP contribution in [0.25, 0.3) is 6.08 Å². The Balaban J connectivity index is 2.20. The van der Waals surface area contributed by atoms with Crippen molar-refractivity contribution in [1.82, 2.24) is 0 Å². The van der Waals surface area contributed by atoms with Crippen LogP contribution in [0.3, 0.4) is 0 Å². The summed E-state index contributed by atoms with van der Waals surface area (Å²) in [6.07, 6.45) is 6.44. The molecule has 0 unspecified atom stereocenters. The molecule has 0 N–H and O–H groups in total. The first kappa shape index (κ1) is 10.8. The Morgan fingerprint density at radius 1 is 0.938 bits per heavy atom. The minimum absolute atomic E-state index is 0.269. The summed E-state index contributed by atoms with van der Waals surface area (Å²) in [7, 11) is 0. The van der Waals surface area contributed by atoms with Crippen LogP contribution in [-0.4, -0.2) is 12.1 Å². The lowest BCUT2D eigenvalue weighted by Gasteiger charge is -2.12. The molecular weight excluding hydrogens is 200 g/mol. The van der Waals surface area contributed by atoms with Crippen LogP contribution in [0.1, 0.15) is 41.6 Å². The molecule has 0 bridgehead atoms. The summed E-state index contributed by atoms with van der Waals surface area (Å²) in [5, 5.41) is 0. The van der Waals surface area contributed by atoms with E-state index < -0.39 is 0 Å². The Labute approximate surface area is 95.0 Å². The number of ketones is 1. The van der Waals surface area contributed by atoms with Crippen molar-refractivity contribution in [3.05, 3.63) is 41.0 Å². The number of allylic oxidation sites excluding steroid dienone is 1. The first-order chi connectivity index (χ1) is 7.79. The maximum absolute atomic E-state index is 11.6. The van der Waals surface area contributed by atoms with E-state index in [1.54, 1.807) is 12.1 Å². The Bertz CT molecular complexity index is 427. The van der Waals surface area contributed by atoms with Crippen molar-refractivity contribution in [3.8, 4) is 0 Å². The summed E-state index contributed by atoms with van der Waals surface area (Å²) in [5.74, 6) is 0.269. The molecule has 1 fully saturated rings. The number of aldehydes is 1. The number of rotatable bonds is 2. The van der Waals surface area contributed by atoms with E-state index >= 15 is 0 Å². The maximum Gasteiger partial charge on any atom is 0.158 e. The predicted molar refractivity (Wildman–Crippen MR) is 63.3 cm³/mol. The van der Waals surface area contributed by atoms with Crippen molar-refractivity contribution in [2.75, 3.05) is 0 Å². The number of hydrogen-bond acceptors (Lipinski definition) is 2. The minimum atomic E-state index is 0.269. The fraction of sp³-hybridized carbons (Fsp3) is 0.286. The van der Waals surface area contributed by atoms with Crippen molar-refractivity contribution in [1.29, 1.82) is 0 Å². The van der Waals surface area contributed by atoms with Gasteiger partial charge in [-0.25, -0.2) is 0 Å². The molecule has 0 spiro atoms. The van der Waals surface area contributed by atoms with Crippen molar-refractivity contribution < 1.29 is 9.59 Å². The molecule has 0 heterocycles. The normalized spacial score (nSPS) is 18.8. The largest absolute Gasteiger partial charge is 0.298 e. The number of hydrogen-bond donors (Lipinski definition) is 0. The third kappa shape index (κ3) is 2.45. The molecule has 2 heteroatoms. The third-order valence-corrected chi connectivity index (χ3v) is 2.87. The monoisotopic (exact) mass is 214 g/mol. The lowest BCUT2D eigenvalue weighted by Crippen LogP contribution is -2.07. The molecule has 1 aromatic carbocycles. The first-order valence-electron chi connectivity index (χ1n) is 5.58. The van der Waals surface area contributed by atoms with Gasteiger partial charge in [0.25, 0.3) is 0 Å². The van der Waals surface area contributed by atoms with Gasteiger partial charge in [-0.2, -0.15) is 0 Å². The zero-order valence-electron chi connectivity index (χ0n) is 9.11. The van der Waals surface area contributed by atoms with Crippen molar-refractivity contribution in [2.45, 2.75) is 25.7 Å². The SMILES string of the molecule is O=Cc1ccc(C=C2CCCCC2=O)cc1. The van der Waals surface area contributed by atoms with Crippen LogP contribution in [-0.2, 0) is 4.79 Å². The first-order valence-corrected chi connectivity index (χ1v) is 5.58. The maximum atomic E-state index is 11.6. The summed E-state index contributed by atoms with van der Waals surface area (Å²) < 4.78 is 0. The molecule has 0 radical (unpaired) electrons. The number of carbonyl (C=O) groups excluding carboxylic acids is 2. The second-order valence-electron chi connectivity index (χ2n) is 4.08. The average molecular weight is 214 g/mol. The van der Waals surface area contributed by atoms with Gasteiger partial charge in [0, 0.05) is 12.0 Å². The molecule has 1 aromatic rings. The van der Waals surface area contributed by atoms with E-state index in [9.17, 15) is 9.59 Å². The van der Waals surface area contributed by atoms with Crippen LogP contribution in [0.15, 0.2) is 29.8 Å². The van der Waals surface area contributed by atoms with Gasteiger partial charge in [0.1, 0.15) is 6.29 Å². The summed E-state index contributed by atoms with van der Waals surface area (Å²) in [6.45, 7) is 0. The molecule has 0 aliphatic heterocycles. The molecule has 2 nitrogen and oxygen atoms in total. The van der Waals surface area contributed by atoms with Crippen molar-refractivity contribution >= 4 is 18.1 Å². The van der Waals surface area contributed by atoms with E-state index in [0.717, 1.165) is 36.7 Å². The highest BCUT2D eigenvalue weighted by molar-refractivity contribution is 6.00. The van der Waals surface area contributed by atoms with E-state index in [2.05, 4.69) is 0 Å². The minimum Gasteiger partial charge on any atom is -0.298 e. The molecule has 0 aromatic heterocycles. The summed E-state index contributed by atoms with van der Waals surface area (Å²) in [6, 6.07) is 7.29. The van der Waals surface area contributed by atoms with E-state index in [4.69, 9.17) is 0 Å². The molecule has 2 rings (SSSR count). The van der Waals surface area contributed by atoms with E-state index in [1.165, 1.54) is 0 Å². The van der Waals surface area contributed by atoms with Gasteiger partial charge in [0.05, 0.1) is 0 Å². The number of Topliss-reactive ketones (excluding diaryl/α,β-unsaturated/α-hetero) is 1. The molecule has 0 amide bonds. The van der Waals surface area contributed by atoms with Crippen LogP contribution in [0, 0.1) is 0 Å². The molecule has 0 atom stereocenters. The zero-order chi connectivity index (χ0) is 11.4. The Morgan fingerprint density at radius 3 is 2.19 bits per heavy atom. The quantitative estimate of drug-likeness (QED) is 0.560. The van der Waals surface area contributed by atoms with Crippen LogP contribution in [0.2, 0.25) is 0 Å². The van der Waals surface area contributed by atoms with Crippen LogP contribution >= 0.6 is 0 Å². The molecule has 1 saturated carbocycles. The topological polar surface area (TPSA) is 34.1 Å². The van der Waals surface area contributed by atoms with Crippen LogP contribution in [0.5, 0.6) is 0 Å². The van der Waals surface area contributed by atoms with Gasteiger partial charge in [-0.15, -0.1) is 0 Å². The molecule has 1 aliphatic carbocycles. The predicted octanol–water partition coefficient (Wildman–Crippen LogP) is 3.03. The Hall–Kier alpha value is -1.70. The zero-order valence-corrected chi connectivity index (χ0v) is 9.11. The number of benzene rings is 1.